The van der Waals surface area contributed by atoms with Crippen LogP contribution in [0.5, 0.6) is 0 Å². The van der Waals surface area contributed by atoms with E-state index in [0.717, 1.165) is 18.5 Å². The van der Waals surface area contributed by atoms with Gasteiger partial charge in [-0.3, -0.25) is 10.1 Å². The lowest BCUT2D eigenvalue weighted by Crippen LogP contribution is -2.16. The molecule has 1 N–H and O–H groups in total. The number of terminal acetylenes is 1. The maximum absolute atomic E-state index is 10.4. The topological polar surface area (TPSA) is 55.2 Å². The summed E-state index contributed by atoms with van der Waals surface area (Å²) in [5, 5.41) is 13.6. The summed E-state index contributed by atoms with van der Waals surface area (Å²) in [6, 6.07) is 6.23. The van der Waals surface area contributed by atoms with Gasteiger partial charge in [0.05, 0.1) is 11.0 Å². The van der Waals surface area contributed by atoms with Crippen molar-refractivity contribution in [1.82, 2.24) is 0 Å². The molecule has 1 rings (SSSR count). The quantitative estimate of drug-likeness (QED) is 0.469. The Kier molecular flexibility index (Phi) is 4.34. The summed E-state index contributed by atoms with van der Waals surface area (Å²) in [6.45, 7) is 2.06. The van der Waals surface area contributed by atoms with Crippen molar-refractivity contribution in [2.75, 3.05) is 5.32 Å². The van der Waals surface area contributed by atoms with Gasteiger partial charge in [0.25, 0.3) is 5.69 Å². The fraction of sp³-hybridized carbons (Fsp3) is 0.333. The van der Waals surface area contributed by atoms with Crippen LogP contribution in [0.1, 0.15) is 19.8 Å². The Morgan fingerprint density at radius 2 is 2.12 bits per heavy atom. The molecule has 0 amide bonds. The first-order valence-electron chi connectivity index (χ1n) is 5.14. The zero-order chi connectivity index (χ0) is 12.0. The number of nitro benzene ring substituents is 1. The fourth-order valence-electron chi connectivity index (χ4n) is 1.37. The average molecular weight is 218 g/mol. The lowest BCUT2D eigenvalue weighted by Gasteiger charge is -2.12. The number of hydrogen-bond donors (Lipinski definition) is 1. The highest BCUT2D eigenvalue weighted by atomic mass is 16.6. The molecule has 0 spiro atoms. The second-order valence-electron chi connectivity index (χ2n) is 3.46. The standard InChI is InChI=1S/C12H14N2O2/c1-3-5-10(4-2)13-11-6-8-12(9-7-11)14(15)16/h2,6-10,13H,3,5H2,1H3. The molecule has 0 saturated heterocycles. The molecule has 4 nitrogen and oxygen atoms in total. The average Bonchev–Trinajstić information content (AvgIpc) is 2.29. The summed E-state index contributed by atoms with van der Waals surface area (Å²) < 4.78 is 0. The van der Waals surface area contributed by atoms with Crippen molar-refractivity contribution >= 4 is 11.4 Å². The third-order valence-corrected chi connectivity index (χ3v) is 2.20. The molecule has 0 fully saturated rings. The van der Waals surface area contributed by atoms with Crippen LogP contribution in [0.4, 0.5) is 11.4 Å². The summed E-state index contributed by atoms with van der Waals surface area (Å²) in [7, 11) is 0. The van der Waals surface area contributed by atoms with E-state index in [1.165, 1.54) is 12.1 Å². The van der Waals surface area contributed by atoms with Crippen molar-refractivity contribution in [2.45, 2.75) is 25.8 Å². The van der Waals surface area contributed by atoms with Crippen molar-refractivity contribution in [3.63, 3.8) is 0 Å². The van der Waals surface area contributed by atoms with E-state index in [1.807, 2.05) is 0 Å². The van der Waals surface area contributed by atoms with Crippen molar-refractivity contribution in [2.24, 2.45) is 0 Å². The summed E-state index contributed by atoms with van der Waals surface area (Å²) in [5.74, 6) is 2.64. The molecule has 1 atom stereocenters. The molecule has 84 valence electrons. The maximum Gasteiger partial charge on any atom is 0.269 e. The Labute approximate surface area is 94.8 Å². The predicted octanol–water partition coefficient (Wildman–Crippen LogP) is 2.81. The van der Waals surface area contributed by atoms with Crippen molar-refractivity contribution in [3.8, 4) is 12.3 Å². The van der Waals surface area contributed by atoms with Crippen LogP contribution in [0.2, 0.25) is 0 Å². The van der Waals surface area contributed by atoms with Crippen LogP contribution >= 0.6 is 0 Å². The van der Waals surface area contributed by atoms with E-state index in [2.05, 4.69) is 18.2 Å². The van der Waals surface area contributed by atoms with Gasteiger partial charge < -0.3 is 5.32 Å². The monoisotopic (exact) mass is 218 g/mol. The molecule has 0 radical (unpaired) electrons. The minimum atomic E-state index is -0.422. The first-order chi connectivity index (χ1) is 7.67. The first-order valence-corrected chi connectivity index (χ1v) is 5.14. The number of rotatable bonds is 5. The second-order valence-corrected chi connectivity index (χ2v) is 3.46. The van der Waals surface area contributed by atoms with Gasteiger partial charge in [0.2, 0.25) is 0 Å². The zero-order valence-electron chi connectivity index (χ0n) is 9.14. The molecule has 0 heterocycles. The molecular formula is C12H14N2O2. The molecule has 1 aromatic rings. The van der Waals surface area contributed by atoms with Crippen LogP contribution < -0.4 is 5.32 Å². The van der Waals surface area contributed by atoms with E-state index in [9.17, 15) is 10.1 Å². The number of benzene rings is 1. The molecule has 0 aliphatic heterocycles. The van der Waals surface area contributed by atoms with Gasteiger partial charge >= 0.3 is 0 Å². The molecule has 16 heavy (non-hydrogen) atoms. The first kappa shape index (κ1) is 12.1. The molecule has 0 aliphatic carbocycles. The van der Waals surface area contributed by atoms with E-state index in [-0.39, 0.29) is 11.7 Å². The lowest BCUT2D eigenvalue weighted by molar-refractivity contribution is -0.384. The van der Waals surface area contributed by atoms with Crippen LogP contribution in [0.25, 0.3) is 0 Å². The predicted molar refractivity (Wildman–Crippen MR) is 64.2 cm³/mol. The molecular weight excluding hydrogens is 204 g/mol. The zero-order valence-corrected chi connectivity index (χ0v) is 9.14. The van der Waals surface area contributed by atoms with Crippen LogP contribution in [0, 0.1) is 22.5 Å². The van der Waals surface area contributed by atoms with Gasteiger partial charge in [-0.2, -0.15) is 0 Å². The van der Waals surface area contributed by atoms with Gasteiger partial charge in [-0.05, 0) is 18.6 Å². The SMILES string of the molecule is C#CC(CCC)Nc1ccc([N+](=O)[O-])cc1. The van der Waals surface area contributed by atoms with Crippen LogP contribution in [0.15, 0.2) is 24.3 Å². The minimum absolute atomic E-state index is 0.0218. The van der Waals surface area contributed by atoms with Gasteiger partial charge in [-0.1, -0.05) is 19.3 Å². The molecule has 0 bridgehead atoms. The number of non-ortho nitro benzene ring substituents is 1. The largest absolute Gasteiger partial charge is 0.372 e. The number of hydrogen-bond acceptors (Lipinski definition) is 3. The summed E-state index contributed by atoms with van der Waals surface area (Å²) >= 11 is 0. The van der Waals surface area contributed by atoms with Crippen LogP contribution in [-0.4, -0.2) is 11.0 Å². The molecule has 1 aromatic carbocycles. The normalized spacial score (nSPS) is 11.5. The van der Waals surface area contributed by atoms with Gasteiger partial charge in [-0.15, -0.1) is 6.42 Å². The Hall–Kier alpha value is -2.02. The summed E-state index contributed by atoms with van der Waals surface area (Å²) in [5.41, 5.74) is 0.889. The highest BCUT2D eigenvalue weighted by Gasteiger charge is 2.06. The highest BCUT2D eigenvalue weighted by molar-refractivity contribution is 5.50. The summed E-state index contributed by atoms with van der Waals surface area (Å²) in [6.07, 6.45) is 7.24. The molecule has 0 aromatic heterocycles. The second kappa shape index (κ2) is 5.76. The third-order valence-electron chi connectivity index (χ3n) is 2.20. The minimum Gasteiger partial charge on any atom is -0.372 e. The smallest absolute Gasteiger partial charge is 0.269 e. The Morgan fingerprint density at radius 1 is 1.50 bits per heavy atom. The third kappa shape index (κ3) is 3.28. The molecule has 0 saturated carbocycles. The van der Waals surface area contributed by atoms with E-state index < -0.39 is 4.92 Å². The van der Waals surface area contributed by atoms with Gasteiger partial charge in [0.1, 0.15) is 0 Å². The van der Waals surface area contributed by atoms with Crippen molar-refractivity contribution in [3.05, 3.63) is 34.4 Å². The van der Waals surface area contributed by atoms with Gasteiger partial charge in [-0.25, -0.2) is 0 Å². The van der Waals surface area contributed by atoms with Crippen molar-refractivity contribution in [1.29, 1.82) is 0 Å². The van der Waals surface area contributed by atoms with E-state index in [4.69, 9.17) is 6.42 Å². The number of anilines is 1. The highest BCUT2D eigenvalue weighted by Crippen LogP contribution is 2.16. The Morgan fingerprint density at radius 3 is 2.56 bits per heavy atom. The number of nitrogens with one attached hydrogen (secondary N) is 1. The molecule has 4 heteroatoms. The van der Waals surface area contributed by atoms with E-state index in [0.29, 0.717) is 0 Å². The molecule has 0 aliphatic rings. The van der Waals surface area contributed by atoms with Gasteiger partial charge in [0, 0.05) is 17.8 Å². The number of nitro groups is 1. The van der Waals surface area contributed by atoms with Crippen LogP contribution in [0.3, 0.4) is 0 Å². The van der Waals surface area contributed by atoms with Crippen molar-refractivity contribution < 1.29 is 4.92 Å². The number of nitrogens with zero attached hydrogens (tertiary/aromatic N) is 1. The Bertz CT molecular complexity index is 392. The van der Waals surface area contributed by atoms with Gasteiger partial charge in [0.15, 0.2) is 0 Å². The summed E-state index contributed by atoms with van der Waals surface area (Å²) in [4.78, 5) is 10.0. The van der Waals surface area contributed by atoms with E-state index in [1.54, 1.807) is 12.1 Å². The maximum atomic E-state index is 10.4. The van der Waals surface area contributed by atoms with E-state index >= 15 is 0 Å². The van der Waals surface area contributed by atoms with Crippen LogP contribution in [-0.2, 0) is 0 Å². The lowest BCUT2D eigenvalue weighted by atomic mass is 10.1. The molecule has 1 unspecified atom stereocenters. The Balaban J connectivity index is 2.68. The fourth-order valence-corrected chi connectivity index (χ4v) is 1.37.